The molecule has 0 aliphatic rings. The second-order valence-corrected chi connectivity index (χ2v) is 9.29. The van der Waals surface area contributed by atoms with Gasteiger partial charge >= 0.3 is 18.3 Å². The topological polar surface area (TPSA) is 98.1 Å². The van der Waals surface area contributed by atoms with E-state index in [9.17, 15) is 22.8 Å². The summed E-state index contributed by atoms with van der Waals surface area (Å²) in [6, 6.07) is 10.5. The SMILES string of the molecule is Cc1nn(C(=O)OC(C)(C)C)c2cncc(-c3ccc(NC(=O)Nc4cccc(C(F)(F)F)c4)cc3)c12. The van der Waals surface area contributed by atoms with Crippen LogP contribution in [0.5, 0.6) is 0 Å². The number of rotatable bonds is 3. The number of alkyl halides is 3. The Balaban J connectivity index is 1.53. The third kappa shape index (κ3) is 5.88. The van der Waals surface area contributed by atoms with Gasteiger partial charge in [-0.25, -0.2) is 9.59 Å². The molecule has 37 heavy (non-hydrogen) atoms. The Morgan fingerprint density at radius 3 is 2.27 bits per heavy atom. The average molecular weight is 512 g/mol. The number of pyridine rings is 1. The number of benzene rings is 2. The molecule has 0 saturated heterocycles. The lowest BCUT2D eigenvalue weighted by Gasteiger charge is -2.19. The third-order valence-electron chi connectivity index (χ3n) is 5.23. The highest BCUT2D eigenvalue weighted by Gasteiger charge is 2.30. The molecule has 2 N–H and O–H groups in total. The Morgan fingerprint density at radius 1 is 0.946 bits per heavy atom. The largest absolute Gasteiger partial charge is 0.442 e. The number of hydrogen-bond donors (Lipinski definition) is 2. The smallest absolute Gasteiger partial charge is 0.435 e. The average Bonchev–Trinajstić information content (AvgIpc) is 3.15. The van der Waals surface area contributed by atoms with Crippen LogP contribution in [0.15, 0.2) is 60.9 Å². The second kappa shape index (κ2) is 9.57. The number of anilines is 2. The fourth-order valence-electron chi connectivity index (χ4n) is 3.71. The highest BCUT2D eigenvalue weighted by Crippen LogP contribution is 2.32. The fraction of sp³-hybridized carbons (Fsp3) is 0.231. The summed E-state index contributed by atoms with van der Waals surface area (Å²) in [6.07, 6.45) is -1.93. The molecule has 0 bridgehead atoms. The quantitative estimate of drug-likeness (QED) is 0.313. The van der Waals surface area contributed by atoms with Gasteiger partial charge in [-0.1, -0.05) is 18.2 Å². The minimum Gasteiger partial charge on any atom is -0.442 e. The molecule has 8 nitrogen and oxygen atoms in total. The maximum absolute atomic E-state index is 12.9. The Bertz CT molecular complexity index is 1470. The van der Waals surface area contributed by atoms with Crippen LogP contribution >= 0.6 is 0 Å². The fourth-order valence-corrected chi connectivity index (χ4v) is 3.71. The highest BCUT2D eigenvalue weighted by atomic mass is 19.4. The summed E-state index contributed by atoms with van der Waals surface area (Å²) in [5.74, 6) is 0. The van der Waals surface area contributed by atoms with Gasteiger partial charge in [-0.15, -0.1) is 0 Å². The number of amides is 2. The van der Waals surface area contributed by atoms with Crippen molar-refractivity contribution in [3.05, 3.63) is 72.2 Å². The van der Waals surface area contributed by atoms with Crippen LogP contribution in [0.1, 0.15) is 32.0 Å². The van der Waals surface area contributed by atoms with Crippen molar-refractivity contribution in [1.82, 2.24) is 14.8 Å². The Labute approximate surface area is 210 Å². The molecule has 4 aromatic rings. The van der Waals surface area contributed by atoms with Crippen LogP contribution in [0.25, 0.3) is 22.0 Å². The van der Waals surface area contributed by atoms with E-state index in [4.69, 9.17) is 4.74 Å². The molecule has 192 valence electrons. The number of ether oxygens (including phenoxy) is 1. The predicted octanol–water partition coefficient (Wildman–Crippen LogP) is 6.85. The number of aromatic nitrogens is 3. The third-order valence-corrected chi connectivity index (χ3v) is 5.23. The molecule has 0 fully saturated rings. The van der Waals surface area contributed by atoms with Crippen LogP contribution in [0.2, 0.25) is 0 Å². The Hall–Kier alpha value is -4.41. The van der Waals surface area contributed by atoms with E-state index in [2.05, 4.69) is 20.7 Å². The van der Waals surface area contributed by atoms with Gasteiger partial charge in [0.05, 0.1) is 23.0 Å². The van der Waals surface area contributed by atoms with Crippen LogP contribution in [-0.4, -0.2) is 32.5 Å². The summed E-state index contributed by atoms with van der Waals surface area (Å²) in [5.41, 5.74) is 1.48. The van der Waals surface area contributed by atoms with Crippen LogP contribution in [0.3, 0.4) is 0 Å². The van der Waals surface area contributed by atoms with Crippen LogP contribution < -0.4 is 10.6 Å². The van der Waals surface area contributed by atoms with Gasteiger partial charge in [-0.05, 0) is 63.6 Å². The number of nitrogens with zero attached hydrogens (tertiary/aromatic N) is 3. The predicted molar refractivity (Wildman–Crippen MR) is 133 cm³/mol. The molecule has 0 saturated carbocycles. The zero-order chi connectivity index (χ0) is 27.0. The van der Waals surface area contributed by atoms with Gasteiger partial charge in [-0.3, -0.25) is 4.98 Å². The lowest BCUT2D eigenvalue weighted by atomic mass is 10.0. The zero-order valence-corrected chi connectivity index (χ0v) is 20.5. The zero-order valence-electron chi connectivity index (χ0n) is 20.5. The Kier molecular flexibility index (Phi) is 6.64. The lowest BCUT2D eigenvalue weighted by molar-refractivity contribution is -0.137. The van der Waals surface area contributed by atoms with E-state index < -0.39 is 29.5 Å². The number of halogens is 3. The van der Waals surface area contributed by atoms with Gasteiger partial charge < -0.3 is 15.4 Å². The number of carbonyl (C=O) groups is 2. The molecule has 4 rings (SSSR count). The van der Waals surface area contributed by atoms with Crippen LogP contribution in [0, 0.1) is 6.92 Å². The number of fused-ring (bicyclic) bond motifs is 1. The number of aryl methyl sites for hydroxylation is 1. The molecule has 0 radical (unpaired) electrons. The highest BCUT2D eigenvalue weighted by molar-refractivity contribution is 6.01. The first-order valence-corrected chi connectivity index (χ1v) is 11.2. The molecule has 0 aliphatic heterocycles. The maximum Gasteiger partial charge on any atom is 0.435 e. The molecular weight excluding hydrogens is 487 g/mol. The van der Waals surface area contributed by atoms with Crippen molar-refractivity contribution >= 4 is 34.4 Å². The molecule has 0 unspecified atom stereocenters. The second-order valence-electron chi connectivity index (χ2n) is 9.29. The molecule has 0 atom stereocenters. The van der Waals surface area contributed by atoms with Crippen molar-refractivity contribution in [2.45, 2.75) is 39.5 Å². The molecule has 0 spiro atoms. The molecule has 11 heteroatoms. The monoisotopic (exact) mass is 511 g/mol. The van der Waals surface area contributed by atoms with E-state index in [0.717, 1.165) is 28.6 Å². The summed E-state index contributed by atoms with van der Waals surface area (Å²) in [6.45, 7) is 7.08. The Morgan fingerprint density at radius 2 is 1.62 bits per heavy atom. The minimum absolute atomic E-state index is 0.0131. The van der Waals surface area contributed by atoms with E-state index >= 15 is 0 Å². The van der Waals surface area contributed by atoms with Crippen molar-refractivity contribution < 1.29 is 27.5 Å². The van der Waals surface area contributed by atoms with Crippen LogP contribution in [-0.2, 0) is 10.9 Å². The molecular formula is C26H24F3N5O3. The summed E-state index contributed by atoms with van der Waals surface area (Å²) in [7, 11) is 0. The number of carbonyl (C=O) groups excluding carboxylic acids is 2. The first-order chi connectivity index (χ1) is 17.3. The van der Waals surface area contributed by atoms with Crippen molar-refractivity contribution in [3.63, 3.8) is 0 Å². The lowest BCUT2D eigenvalue weighted by Crippen LogP contribution is -2.27. The molecule has 2 heterocycles. The van der Waals surface area contributed by atoms with E-state index in [0.29, 0.717) is 16.9 Å². The molecule has 2 aromatic carbocycles. The number of hydrogen-bond acceptors (Lipinski definition) is 5. The van der Waals surface area contributed by atoms with Crippen molar-refractivity contribution in [1.29, 1.82) is 0 Å². The van der Waals surface area contributed by atoms with Gasteiger partial charge in [0.25, 0.3) is 0 Å². The first-order valence-electron chi connectivity index (χ1n) is 11.2. The molecule has 2 amide bonds. The van der Waals surface area contributed by atoms with E-state index in [1.165, 1.54) is 23.0 Å². The van der Waals surface area contributed by atoms with E-state index in [1.54, 1.807) is 58.2 Å². The standard InChI is InChI=1S/C26H24F3N5O3/c1-15-22-20(13-30-14-21(22)34(33-15)24(36)37-25(2,3)4)16-8-10-18(11-9-16)31-23(35)32-19-7-5-6-17(12-19)26(27,28)29/h5-14H,1-4H3,(H2,31,32,35). The van der Waals surface area contributed by atoms with Gasteiger partial charge in [-0.2, -0.15) is 23.0 Å². The van der Waals surface area contributed by atoms with Crippen molar-refractivity contribution in [3.8, 4) is 11.1 Å². The van der Waals surface area contributed by atoms with Gasteiger partial charge in [0, 0.05) is 28.5 Å². The first kappa shape index (κ1) is 25.7. The van der Waals surface area contributed by atoms with E-state index in [-0.39, 0.29) is 5.69 Å². The van der Waals surface area contributed by atoms with Crippen molar-refractivity contribution in [2.24, 2.45) is 0 Å². The van der Waals surface area contributed by atoms with Gasteiger partial charge in [0.15, 0.2) is 0 Å². The van der Waals surface area contributed by atoms with Crippen LogP contribution in [0.4, 0.5) is 34.1 Å². The number of urea groups is 1. The van der Waals surface area contributed by atoms with Crippen molar-refractivity contribution in [2.75, 3.05) is 10.6 Å². The van der Waals surface area contributed by atoms with Gasteiger partial charge in [0.1, 0.15) is 5.60 Å². The molecule has 0 aliphatic carbocycles. The maximum atomic E-state index is 12.9. The number of nitrogens with one attached hydrogen (secondary N) is 2. The summed E-state index contributed by atoms with van der Waals surface area (Å²) in [5, 5.41) is 10.1. The van der Waals surface area contributed by atoms with E-state index in [1.807, 2.05) is 0 Å². The normalized spacial score (nSPS) is 11.9. The van der Waals surface area contributed by atoms with Gasteiger partial charge in [0.2, 0.25) is 0 Å². The molecule has 2 aromatic heterocycles. The minimum atomic E-state index is -4.51. The summed E-state index contributed by atoms with van der Waals surface area (Å²) in [4.78, 5) is 29.2. The summed E-state index contributed by atoms with van der Waals surface area (Å²) >= 11 is 0. The summed E-state index contributed by atoms with van der Waals surface area (Å²) < 4.78 is 45.3.